The molecule has 0 aromatic carbocycles. The Balaban J connectivity index is 2.17. The minimum absolute atomic E-state index is 0.0419. The minimum atomic E-state index is -0.931. The fraction of sp³-hybridized carbons (Fsp3) is 0.682. The number of carbonyl (C=O) groups excluding carboxylic acids is 4. The lowest BCUT2D eigenvalue weighted by atomic mass is 10.0. The molecule has 1 aromatic heterocycles. The summed E-state index contributed by atoms with van der Waals surface area (Å²) in [6.45, 7) is 11.2. The van der Waals surface area contributed by atoms with Crippen molar-refractivity contribution in [1.82, 2.24) is 26.2 Å². The number of aryl methyl sites for hydroxylation is 1. The number of ether oxygens (including phenoxy) is 1. The number of nitrogens with zero attached hydrogens (tertiary/aromatic N) is 2. The van der Waals surface area contributed by atoms with Crippen molar-refractivity contribution < 1.29 is 28.4 Å². The Morgan fingerprint density at radius 3 is 2.52 bits per heavy atom. The average Bonchev–Trinajstić information content (AvgIpc) is 3.31. The first-order valence-electron chi connectivity index (χ1n) is 11.2. The maximum atomic E-state index is 13.1. The van der Waals surface area contributed by atoms with Gasteiger partial charge >= 0.3 is 6.09 Å². The summed E-state index contributed by atoms with van der Waals surface area (Å²) in [7, 11) is 0. The molecule has 2 unspecified atom stereocenters. The predicted octanol–water partition coefficient (Wildman–Crippen LogP) is 1.92. The smallest absolute Gasteiger partial charge is 0.429 e. The van der Waals surface area contributed by atoms with Gasteiger partial charge in [-0.3, -0.25) is 19.8 Å². The molecule has 3 N–H and O–H groups in total. The first-order chi connectivity index (χ1) is 15.4. The third kappa shape index (κ3) is 8.39. The molecular formula is C22H35N5O6. The highest BCUT2D eigenvalue weighted by molar-refractivity contribution is 5.96. The van der Waals surface area contributed by atoms with Gasteiger partial charge in [-0.25, -0.2) is 9.80 Å². The molecule has 1 saturated heterocycles. The summed E-state index contributed by atoms with van der Waals surface area (Å²) in [6, 6.07) is 0.539. The summed E-state index contributed by atoms with van der Waals surface area (Å²) in [5, 5.41) is 10.1. The number of aromatic nitrogens is 1. The number of hydrogen-bond acceptors (Lipinski definition) is 7. The molecule has 0 spiro atoms. The van der Waals surface area contributed by atoms with Gasteiger partial charge in [-0.1, -0.05) is 19.0 Å². The topological polar surface area (TPSA) is 143 Å². The summed E-state index contributed by atoms with van der Waals surface area (Å²) in [6.07, 6.45) is 0.760. The molecule has 11 nitrogen and oxygen atoms in total. The third-order valence-electron chi connectivity index (χ3n) is 4.94. The monoisotopic (exact) mass is 465 g/mol. The quantitative estimate of drug-likeness (QED) is 0.498. The van der Waals surface area contributed by atoms with E-state index in [-0.39, 0.29) is 24.1 Å². The van der Waals surface area contributed by atoms with Crippen LogP contribution in [0, 0.1) is 18.8 Å². The Bertz CT molecular complexity index is 860. The van der Waals surface area contributed by atoms with Crippen molar-refractivity contribution in [3.05, 3.63) is 17.5 Å². The molecule has 0 bridgehead atoms. The highest BCUT2D eigenvalue weighted by atomic mass is 16.6. The van der Waals surface area contributed by atoms with Crippen LogP contribution >= 0.6 is 0 Å². The fourth-order valence-corrected chi connectivity index (χ4v) is 3.21. The first kappa shape index (κ1) is 26.1. The molecule has 1 aliphatic rings. The Morgan fingerprint density at radius 1 is 1.30 bits per heavy atom. The van der Waals surface area contributed by atoms with Crippen LogP contribution in [0.1, 0.15) is 70.1 Å². The highest BCUT2D eigenvalue weighted by Gasteiger charge is 2.33. The number of rotatable bonds is 8. The first-order valence-corrected chi connectivity index (χ1v) is 11.2. The average molecular weight is 466 g/mol. The normalized spacial score (nSPS) is 16.8. The molecule has 4 amide bonds. The second-order valence-corrected chi connectivity index (χ2v) is 9.66. The fourth-order valence-electron chi connectivity index (χ4n) is 3.21. The summed E-state index contributed by atoms with van der Waals surface area (Å²) in [5.41, 5.74) is 1.81. The van der Waals surface area contributed by atoms with E-state index in [1.54, 1.807) is 27.7 Å². The van der Waals surface area contributed by atoms with Crippen molar-refractivity contribution in [1.29, 1.82) is 0 Å². The van der Waals surface area contributed by atoms with E-state index in [4.69, 9.17) is 9.26 Å². The Kier molecular flexibility index (Phi) is 8.84. The molecule has 1 fully saturated rings. The predicted molar refractivity (Wildman–Crippen MR) is 119 cm³/mol. The molecule has 2 atom stereocenters. The molecule has 0 aliphatic carbocycles. The van der Waals surface area contributed by atoms with Crippen LogP contribution in [0.15, 0.2) is 10.6 Å². The van der Waals surface area contributed by atoms with Gasteiger partial charge in [0.2, 0.25) is 5.91 Å². The molecular weight excluding hydrogens is 430 g/mol. The van der Waals surface area contributed by atoms with Gasteiger partial charge in [-0.05, 0) is 52.9 Å². The largest absolute Gasteiger partial charge is 0.442 e. The maximum Gasteiger partial charge on any atom is 0.429 e. The van der Waals surface area contributed by atoms with Gasteiger partial charge in [0, 0.05) is 12.6 Å². The van der Waals surface area contributed by atoms with Crippen LogP contribution in [0.2, 0.25) is 0 Å². The molecule has 184 valence electrons. The van der Waals surface area contributed by atoms with Gasteiger partial charge in [0.1, 0.15) is 17.4 Å². The zero-order chi connectivity index (χ0) is 24.8. The molecule has 2 rings (SSSR count). The van der Waals surface area contributed by atoms with Crippen LogP contribution in [0.4, 0.5) is 4.79 Å². The Labute approximate surface area is 193 Å². The van der Waals surface area contributed by atoms with E-state index < -0.39 is 35.5 Å². The lowest BCUT2D eigenvalue weighted by Crippen LogP contribution is -2.56. The van der Waals surface area contributed by atoms with E-state index in [1.807, 2.05) is 13.8 Å². The maximum absolute atomic E-state index is 13.1. The number of amides is 4. The van der Waals surface area contributed by atoms with Crippen LogP contribution in [-0.4, -0.2) is 58.7 Å². The third-order valence-corrected chi connectivity index (χ3v) is 4.94. The van der Waals surface area contributed by atoms with Crippen LogP contribution in [0.25, 0.3) is 0 Å². The van der Waals surface area contributed by atoms with Gasteiger partial charge in [-0.2, -0.15) is 0 Å². The number of hydrazine groups is 1. The lowest BCUT2D eigenvalue weighted by Gasteiger charge is -2.30. The van der Waals surface area contributed by atoms with Gasteiger partial charge in [-0.15, -0.1) is 0 Å². The van der Waals surface area contributed by atoms with E-state index in [2.05, 4.69) is 21.2 Å². The zero-order valence-electron chi connectivity index (χ0n) is 20.2. The van der Waals surface area contributed by atoms with Crippen LogP contribution in [0.3, 0.4) is 0 Å². The van der Waals surface area contributed by atoms with Gasteiger partial charge in [0.15, 0.2) is 5.69 Å². The summed E-state index contributed by atoms with van der Waals surface area (Å²) >= 11 is 0. The van der Waals surface area contributed by atoms with Crippen molar-refractivity contribution in [2.45, 2.75) is 72.4 Å². The van der Waals surface area contributed by atoms with E-state index in [0.717, 1.165) is 5.01 Å². The SMILES string of the molecule is Cc1cc(C(=O)NC(CCC(C)C)C(=O)NN(CC2CCNC2=O)C(=O)OC(C)(C)C)no1. The van der Waals surface area contributed by atoms with E-state index in [0.29, 0.717) is 31.6 Å². The number of carbonyl (C=O) groups is 4. The number of nitrogens with one attached hydrogen (secondary N) is 3. The van der Waals surface area contributed by atoms with Crippen LogP contribution in [0.5, 0.6) is 0 Å². The molecule has 33 heavy (non-hydrogen) atoms. The number of hydrogen-bond donors (Lipinski definition) is 3. The minimum Gasteiger partial charge on any atom is -0.442 e. The molecule has 1 aliphatic heterocycles. The van der Waals surface area contributed by atoms with Crippen molar-refractivity contribution in [2.24, 2.45) is 11.8 Å². The summed E-state index contributed by atoms with van der Waals surface area (Å²) < 4.78 is 10.3. The van der Waals surface area contributed by atoms with Gasteiger partial charge in [0.05, 0.1) is 12.5 Å². The van der Waals surface area contributed by atoms with Crippen molar-refractivity contribution in [3.63, 3.8) is 0 Å². The Morgan fingerprint density at radius 2 is 2.00 bits per heavy atom. The van der Waals surface area contributed by atoms with E-state index >= 15 is 0 Å². The van der Waals surface area contributed by atoms with Crippen molar-refractivity contribution >= 4 is 23.8 Å². The molecule has 0 saturated carbocycles. The van der Waals surface area contributed by atoms with Gasteiger partial charge in [0.25, 0.3) is 11.8 Å². The molecule has 2 heterocycles. The van der Waals surface area contributed by atoms with Crippen molar-refractivity contribution in [3.8, 4) is 0 Å². The second kappa shape index (κ2) is 11.2. The van der Waals surface area contributed by atoms with Crippen LogP contribution < -0.4 is 16.1 Å². The Hall–Kier alpha value is -3.11. The lowest BCUT2D eigenvalue weighted by molar-refractivity contribution is -0.130. The second-order valence-electron chi connectivity index (χ2n) is 9.66. The molecule has 11 heteroatoms. The van der Waals surface area contributed by atoms with E-state index in [1.165, 1.54) is 6.07 Å². The summed E-state index contributed by atoms with van der Waals surface area (Å²) in [5.74, 6) is -1.06. The zero-order valence-corrected chi connectivity index (χ0v) is 20.2. The molecule has 1 aromatic rings. The van der Waals surface area contributed by atoms with Crippen molar-refractivity contribution in [2.75, 3.05) is 13.1 Å². The van der Waals surface area contributed by atoms with Gasteiger partial charge < -0.3 is 19.9 Å². The summed E-state index contributed by atoms with van der Waals surface area (Å²) in [4.78, 5) is 50.5. The standard InChI is InChI=1S/C22H35N5O6/c1-13(2)7-8-16(24-19(29)17-11-14(3)33-26-17)20(30)25-27(21(31)32-22(4,5)6)12-15-9-10-23-18(15)28/h11,13,15-16H,7-10,12H2,1-6H3,(H,23,28)(H,24,29)(H,25,30). The van der Waals surface area contributed by atoms with Crippen LogP contribution in [-0.2, 0) is 14.3 Å². The van der Waals surface area contributed by atoms with E-state index in [9.17, 15) is 19.2 Å². The molecule has 0 radical (unpaired) electrons. The highest BCUT2D eigenvalue weighted by Crippen LogP contribution is 2.15.